The molecule has 0 unspecified atom stereocenters. The van der Waals surface area contributed by atoms with Crippen LogP contribution in [0, 0.1) is 22.7 Å². The lowest BCUT2D eigenvalue weighted by Gasteiger charge is -2.26. The van der Waals surface area contributed by atoms with Crippen molar-refractivity contribution in [2.75, 3.05) is 11.7 Å². The molecule has 65 heavy (non-hydrogen) atoms. The first-order valence-electron chi connectivity index (χ1n) is 20.5. The average Bonchev–Trinajstić information content (AvgIpc) is 4.04. The number of thiophene rings is 2. The summed E-state index contributed by atoms with van der Waals surface area (Å²) in [6.07, 6.45) is 11.4. The van der Waals surface area contributed by atoms with E-state index in [1.807, 2.05) is 48.5 Å². The van der Waals surface area contributed by atoms with Gasteiger partial charge in [0.1, 0.15) is 17.7 Å². The normalized spacial score (nSPS) is 11.7. The number of carbonyl (C=O) groups is 1. The maximum absolute atomic E-state index is 11.2. The van der Waals surface area contributed by atoms with Crippen molar-refractivity contribution >= 4 is 82.2 Å². The summed E-state index contributed by atoms with van der Waals surface area (Å²) in [4.78, 5) is 17.1. The summed E-state index contributed by atoms with van der Waals surface area (Å²) in [6.45, 7) is -0.541. The van der Waals surface area contributed by atoms with Crippen LogP contribution in [-0.4, -0.2) is 23.0 Å². The number of aliphatic hydroxyl groups is 1. The number of nitrogens with zero attached hydrogens (tertiary/aromatic N) is 3. The van der Waals surface area contributed by atoms with Crippen molar-refractivity contribution < 1.29 is 19.7 Å². The molecule has 0 amide bonds. The second kappa shape index (κ2) is 20.7. The van der Waals surface area contributed by atoms with Crippen LogP contribution in [0.4, 0.5) is 17.1 Å². The van der Waals surface area contributed by atoms with Crippen LogP contribution in [-0.2, 0) is 9.53 Å². The molecule has 2 heterocycles. The number of benzene rings is 6. The quantitative estimate of drug-likeness (QED) is 0.0346. The average molecular weight is 882 g/mol. The summed E-state index contributed by atoms with van der Waals surface area (Å²) < 4.78 is 4.95. The van der Waals surface area contributed by atoms with Gasteiger partial charge in [0, 0.05) is 42.6 Å². The smallest absolute Gasteiger partial charge is 0.346 e. The summed E-state index contributed by atoms with van der Waals surface area (Å²) in [5.41, 5.74) is 11.4. The highest BCUT2D eigenvalue weighted by Gasteiger charge is 2.14. The molecule has 0 aliphatic heterocycles. The molecule has 0 saturated carbocycles. The predicted molar refractivity (Wildman–Crippen MR) is 267 cm³/mol. The van der Waals surface area contributed by atoms with Gasteiger partial charge in [-0.1, -0.05) is 140 Å². The predicted octanol–water partition coefficient (Wildman–Crippen LogP) is 14.4. The first-order chi connectivity index (χ1) is 31.8. The van der Waals surface area contributed by atoms with Crippen LogP contribution < -0.4 is 4.90 Å². The molecule has 6 aromatic carbocycles. The van der Waals surface area contributed by atoms with Gasteiger partial charge in [0.15, 0.2) is 6.79 Å². The van der Waals surface area contributed by atoms with Gasteiger partial charge in [-0.25, -0.2) is 4.79 Å². The van der Waals surface area contributed by atoms with E-state index in [-0.39, 0.29) is 11.3 Å². The van der Waals surface area contributed by atoms with Crippen LogP contribution in [0.15, 0.2) is 187 Å². The van der Waals surface area contributed by atoms with Crippen LogP contribution in [0.25, 0.3) is 68.5 Å². The van der Waals surface area contributed by atoms with Crippen LogP contribution in [0.3, 0.4) is 0 Å². The molecule has 0 radical (unpaired) electrons. The second-order valence-electron chi connectivity index (χ2n) is 14.6. The third kappa shape index (κ3) is 11.0. The molecule has 0 aliphatic rings. The molecule has 0 fully saturated rings. The van der Waals surface area contributed by atoms with Gasteiger partial charge in [0.25, 0.3) is 0 Å². The highest BCUT2D eigenvalue weighted by atomic mass is 32.1. The van der Waals surface area contributed by atoms with E-state index in [1.54, 1.807) is 23.5 Å². The maximum atomic E-state index is 11.2. The Morgan fingerprint density at radius 1 is 0.508 bits per heavy atom. The minimum absolute atomic E-state index is 0.0698. The van der Waals surface area contributed by atoms with Crippen molar-refractivity contribution in [3.05, 3.63) is 219 Å². The van der Waals surface area contributed by atoms with Crippen molar-refractivity contribution in [1.82, 2.24) is 0 Å². The first-order valence-corrected chi connectivity index (χ1v) is 22.1. The number of rotatable bonds is 15. The first kappa shape index (κ1) is 43.3. The van der Waals surface area contributed by atoms with Gasteiger partial charge < -0.3 is 19.8 Å². The number of carboxylic acid groups (broad SMARTS) is 1. The van der Waals surface area contributed by atoms with Gasteiger partial charge in [0.05, 0.1) is 0 Å². The van der Waals surface area contributed by atoms with Crippen LogP contribution >= 0.6 is 22.7 Å². The van der Waals surface area contributed by atoms with E-state index in [1.165, 1.54) is 17.4 Å². The molecule has 8 rings (SSSR count). The van der Waals surface area contributed by atoms with Crippen molar-refractivity contribution in [2.24, 2.45) is 0 Å². The molecule has 2 aromatic heterocycles. The van der Waals surface area contributed by atoms with Crippen LogP contribution in [0.2, 0.25) is 0 Å². The van der Waals surface area contributed by atoms with E-state index >= 15 is 0 Å². The Balaban J connectivity index is 0.978. The minimum Gasteiger partial charge on any atom is -0.477 e. The summed E-state index contributed by atoms with van der Waals surface area (Å²) in [5, 5.41) is 36.5. The molecule has 314 valence electrons. The molecule has 9 heteroatoms. The molecular weight excluding hydrogens is 843 g/mol. The highest BCUT2D eigenvalue weighted by Crippen LogP contribution is 2.37. The number of aliphatic hydroxyl groups excluding tert-OH is 1. The highest BCUT2D eigenvalue weighted by molar-refractivity contribution is 7.16. The second-order valence-corrected chi connectivity index (χ2v) is 16.8. The van der Waals surface area contributed by atoms with E-state index in [0.29, 0.717) is 4.88 Å². The number of carboxylic acids is 1. The molecule has 0 spiro atoms. The van der Waals surface area contributed by atoms with Gasteiger partial charge in [-0.3, -0.25) is 0 Å². The SMILES string of the molecule is N#C/C(=C/c1ccc(-c2ccc(/C=C/c3ccc(N(c4ccc(/C=C/c5ccc(-c6ccc(/C=C(\C#N)C(=O)O)s6)cc5)cc4)c4ccc(-c5ccccc5)cc4)cc3)cc2)s1)OCO. The monoisotopic (exact) mass is 881 g/mol. The van der Waals surface area contributed by atoms with Gasteiger partial charge in [-0.05, 0) is 111 Å². The molecule has 0 atom stereocenters. The maximum Gasteiger partial charge on any atom is 0.346 e. The summed E-state index contributed by atoms with van der Waals surface area (Å²) in [7, 11) is 0. The fourth-order valence-electron chi connectivity index (χ4n) is 7.01. The van der Waals surface area contributed by atoms with Gasteiger partial charge in [0.2, 0.25) is 5.76 Å². The molecule has 2 N–H and O–H groups in total. The molecule has 8 aromatic rings. The Hall–Kier alpha value is -8.31. The number of aliphatic carboxylic acids is 1. The van der Waals surface area contributed by atoms with E-state index in [0.717, 1.165) is 76.2 Å². The summed E-state index contributed by atoms with van der Waals surface area (Å²) >= 11 is 2.98. The van der Waals surface area contributed by atoms with Crippen molar-refractivity contribution in [3.8, 4) is 44.1 Å². The fraction of sp³-hybridized carbons (Fsp3) is 0.0179. The van der Waals surface area contributed by atoms with Gasteiger partial charge in [-0.2, -0.15) is 10.5 Å². The lowest BCUT2D eigenvalue weighted by molar-refractivity contribution is -0.132. The number of ether oxygens (including phenoxy) is 1. The molecule has 0 bridgehead atoms. The Bertz CT molecular complexity index is 3110. The molecule has 7 nitrogen and oxygen atoms in total. The van der Waals surface area contributed by atoms with Crippen molar-refractivity contribution in [1.29, 1.82) is 10.5 Å². The van der Waals surface area contributed by atoms with E-state index in [4.69, 9.17) is 15.1 Å². The number of nitriles is 2. The topological polar surface area (TPSA) is 118 Å². The zero-order valence-electron chi connectivity index (χ0n) is 34.8. The van der Waals surface area contributed by atoms with Crippen LogP contribution in [0.1, 0.15) is 32.0 Å². The third-order valence-corrected chi connectivity index (χ3v) is 12.5. The molecular formula is C56H39N3O4S2. The Morgan fingerprint density at radius 2 is 0.908 bits per heavy atom. The molecule has 0 saturated heterocycles. The van der Waals surface area contributed by atoms with E-state index < -0.39 is 12.8 Å². The van der Waals surface area contributed by atoms with E-state index in [2.05, 4.69) is 163 Å². The van der Waals surface area contributed by atoms with Crippen molar-refractivity contribution in [3.63, 3.8) is 0 Å². The lowest BCUT2D eigenvalue weighted by Crippen LogP contribution is -2.09. The number of hydrogen-bond donors (Lipinski definition) is 2. The largest absolute Gasteiger partial charge is 0.477 e. The molecule has 0 aliphatic carbocycles. The zero-order valence-corrected chi connectivity index (χ0v) is 36.4. The Kier molecular flexibility index (Phi) is 13.8. The standard InChI is InChI=1S/C56H39N3O4S2/c57-36-47(56(61)62)34-52-30-32-54(64-52)45-18-10-39(11-19-45)6-8-41-14-24-48(25-15-41)59(50-28-22-44(23-29-50)43-4-2-1-3-5-43)49-26-16-42(17-27-49)9-7-40-12-20-46(21-13-40)55-33-31-53(65-55)35-51(37-58)63-38-60/h1-35,60H,38H2,(H,61,62)/b8-6+,9-7+,47-34+,51-35-. The van der Waals surface area contributed by atoms with Crippen LogP contribution in [0.5, 0.6) is 0 Å². The lowest BCUT2D eigenvalue weighted by atomic mass is 10.0. The summed E-state index contributed by atoms with van der Waals surface area (Å²) in [6, 6.07) is 64.0. The number of hydrogen-bond acceptors (Lipinski definition) is 8. The fourth-order valence-corrected chi connectivity index (χ4v) is 8.91. The third-order valence-electron chi connectivity index (χ3n) is 10.4. The van der Waals surface area contributed by atoms with Gasteiger partial charge in [-0.15, -0.1) is 22.7 Å². The summed E-state index contributed by atoms with van der Waals surface area (Å²) in [5.74, 6) is -1.17. The Morgan fingerprint density at radius 3 is 1.32 bits per heavy atom. The zero-order chi connectivity index (χ0) is 45.0. The number of allylic oxidation sites excluding steroid dienone is 1. The minimum atomic E-state index is -1.24. The Labute approximate surface area is 385 Å². The van der Waals surface area contributed by atoms with Crippen molar-refractivity contribution in [2.45, 2.75) is 0 Å². The van der Waals surface area contributed by atoms with Gasteiger partial charge >= 0.3 is 5.97 Å². The number of anilines is 3. The van der Waals surface area contributed by atoms with E-state index in [9.17, 15) is 15.2 Å².